The minimum absolute atomic E-state index is 0.0446. The van der Waals surface area contributed by atoms with Gasteiger partial charge in [0.1, 0.15) is 12.7 Å². The Kier molecular flexibility index (Phi) is 17.0. The Hall–Kier alpha value is -1.46. The van der Waals surface area contributed by atoms with Crippen LogP contribution in [0.4, 0.5) is 0 Å². The molecule has 0 radical (unpaired) electrons. The molecule has 0 aromatic rings. The normalized spacial score (nSPS) is 18.0. The summed E-state index contributed by atoms with van der Waals surface area (Å²) in [6.45, 7) is 3.35. The van der Waals surface area contributed by atoms with Gasteiger partial charge in [0.15, 0.2) is 6.54 Å². The van der Waals surface area contributed by atoms with Gasteiger partial charge in [0.25, 0.3) is 0 Å². The summed E-state index contributed by atoms with van der Waals surface area (Å²) in [6.07, 6.45) is 30.3. The van der Waals surface area contributed by atoms with Crippen LogP contribution in [0.5, 0.6) is 0 Å². The quantitative estimate of drug-likeness (QED) is 0.107. The van der Waals surface area contributed by atoms with Crippen LogP contribution in [0, 0.1) is 0 Å². The Labute approximate surface area is 197 Å². The van der Waals surface area contributed by atoms with Crippen molar-refractivity contribution in [1.29, 1.82) is 0 Å². The van der Waals surface area contributed by atoms with E-state index in [1.54, 1.807) is 6.20 Å². The van der Waals surface area contributed by atoms with Crippen LogP contribution in [-0.2, 0) is 4.79 Å². The molecule has 3 N–H and O–H groups in total. The first kappa shape index (κ1) is 28.6. The van der Waals surface area contributed by atoms with E-state index in [1.165, 1.54) is 96.3 Å². The molecule has 0 spiro atoms. The summed E-state index contributed by atoms with van der Waals surface area (Å²) in [4.78, 5) is 15.7. The average molecular weight is 449 g/mol. The Morgan fingerprint density at radius 2 is 1.44 bits per heavy atom. The van der Waals surface area contributed by atoms with Crippen molar-refractivity contribution < 1.29 is 14.4 Å². The van der Waals surface area contributed by atoms with Crippen LogP contribution in [0.25, 0.3) is 0 Å². The van der Waals surface area contributed by atoms with E-state index < -0.39 is 5.97 Å². The van der Waals surface area contributed by atoms with Gasteiger partial charge in [-0.05, 0) is 25.7 Å². The highest BCUT2D eigenvalue weighted by atomic mass is 16.4. The molecule has 5 nitrogen and oxygen atoms in total. The number of quaternary nitrogens is 1. The van der Waals surface area contributed by atoms with Crippen LogP contribution >= 0.6 is 0 Å². The number of carboxylic acid groups (broad SMARTS) is 1. The molecule has 0 amide bonds. The molecule has 0 fully saturated rings. The molecule has 1 aliphatic heterocycles. The fourth-order valence-electron chi connectivity index (χ4n) is 4.53. The number of nitrogens with two attached hydrogens (primary N) is 1. The van der Waals surface area contributed by atoms with Gasteiger partial charge in [-0.25, -0.2) is 14.3 Å². The van der Waals surface area contributed by atoms with Crippen molar-refractivity contribution in [3.8, 4) is 0 Å². The standard InChI is InChI=1S/C27H49N3O2/c1-2-3-4-5-6-7-8-9-10-11-12-13-14-15-16-17-18-19-20-26-29-22-24-30(26,23-21-28)25-27(31)32/h4-5,22,24H,2-3,6-21,23,25,28H2,1H3/p+1/b5-4+. The lowest BCUT2D eigenvalue weighted by molar-refractivity contribution is -0.778. The van der Waals surface area contributed by atoms with Gasteiger partial charge in [-0.1, -0.05) is 96.1 Å². The molecular weight excluding hydrogens is 398 g/mol. The molecular formula is C27H50N3O2+. The minimum Gasteiger partial charge on any atom is -0.477 e. The highest BCUT2D eigenvalue weighted by Crippen LogP contribution is 2.21. The van der Waals surface area contributed by atoms with Gasteiger partial charge in [-0.3, -0.25) is 0 Å². The first-order valence-electron chi connectivity index (χ1n) is 13.3. The van der Waals surface area contributed by atoms with E-state index in [9.17, 15) is 9.90 Å². The van der Waals surface area contributed by atoms with Crippen LogP contribution in [0.3, 0.4) is 0 Å². The van der Waals surface area contributed by atoms with Gasteiger partial charge in [0, 0.05) is 13.0 Å². The number of carbonyl (C=O) groups is 1. The largest absolute Gasteiger partial charge is 0.477 e. The molecule has 1 unspecified atom stereocenters. The van der Waals surface area contributed by atoms with E-state index in [1.807, 2.05) is 6.20 Å². The fraction of sp³-hybridized carbons (Fsp3) is 0.778. The lowest BCUT2D eigenvalue weighted by Crippen LogP contribution is -2.52. The zero-order valence-electron chi connectivity index (χ0n) is 20.8. The third kappa shape index (κ3) is 13.2. The van der Waals surface area contributed by atoms with Crippen molar-refractivity contribution in [3.63, 3.8) is 0 Å². The van der Waals surface area contributed by atoms with Crippen molar-refractivity contribution in [2.75, 3.05) is 19.6 Å². The van der Waals surface area contributed by atoms with Crippen molar-refractivity contribution in [2.24, 2.45) is 10.7 Å². The summed E-state index contributed by atoms with van der Waals surface area (Å²) < 4.78 is 0.307. The van der Waals surface area contributed by atoms with Gasteiger partial charge in [-0.2, -0.15) is 0 Å². The molecule has 1 atom stereocenters. The summed E-state index contributed by atoms with van der Waals surface area (Å²) >= 11 is 0. The van der Waals surface area contributed by atoms with E-state index in [-0.39, 0.29) is 6.54 Å². The second kappa shape index (κ2) is 19.0. The molecule has 5 heteroatoms. The topological polar surface area (TPSA) is 75.7 Å². The highest BCUT2D eigenvalue weighted by molar-refractivity contribution is 5.81. The molecule has 184 valence electrons. The predicted octanol–water partition coefficient (Wildman–Crippen LogP) is 6.94. The van der Waals surface area contributed by atoms with Crippen LogP contribution in [0.2, 0.25) is 0 Å². The number of aliphatic carboxylic acids is 1. The van der Waals surface area contributed by atoms with Gasteiger partial charge in [0.05, 0.1) is 6.20 Å². The SMILES string of the molecule is CCC/C=C/CCCCCCCCCCCCCCCC1=NC=C[N+]1(CCN)CC(=O)O. The molecule has 1 aliphatic rings. The monoisotopic (exact) mass is 448 g/mol. The number of aliphatic imine (C=N–C) groups is 1. The number of unbranched alkanes of at least 4 members (excludes halogenated alkanes) is 14. The number of hydrogen-bond donors (Lipinski definition) is 2. The second-order valence-electron chi connectivity index (χ2n) is 9.34. The Balaban J connectivity index is 1.92. The molecule has 0 saturated heterocycles. The first-order valence-corrected chi connectivity index (χ1v) is 13.3. The zero-order valence-corrected chi connectivity index (χ0v) is 20.8. The predicted molar refractivity (Wildman–Crippen MR) is 137 cm³/mol. The van der Waals surface area contributed by atoms with Crippen LogP contribution in [-0.4, -0.2) is 41.0 Å². The van der Waals surface area contributed by atoms with Crippen LogP contribution < -0.4 is 5.73 Å². The lowest BCUT2D eigenvalue weighted by atomic mass is 10.0. The maximum Gasteiger partial charge on any atom is 0.360 e. The van der Waals surface area contributed by atoms with Crippen LogP contribution in [0.15, 0.2) is 29.5 Å². The van der Waals surface area contributed by atoms with E-state index in [4.69, 9.17) is 5.73 Å². The van der Waals surface area contributed by atoms with Crippen molar-refractivity contribution in [3.05, 3.63) is 24.6 Å². The smallest absolute Gasteiger partial charge is 0.360 e. The maximum atomic E-state index is 11.3. The van der Waals surface area contributed by atoms with E-state index >= 15 is 0 Å². The molecule has 1 heterocycles. The third-order valence-electron chi connectivity index (χ3n) is 6.43. The molecule has 0 aliphatic carbocycles. The first-order chi connectivity index (χ1) is 15.6. The number of allylic oxidation sites excluding steroid dienone is 2. The summed E-state index contributed by atoms with van der Waals surface area (Å²) in [5.41, 5.74) is 5.73. The van der Waals surface area contributed by atoms with E-state index in [2.05, 4.69) is 24.1 Å². The van der Waals surface area contributed by atoms with Crippen LogP contribution in [0.1, 0.15) is 116 Å². The molecule has 0 aromatic carbocycles. The highest BCUT2D eigenvalue weighted by Gasteiger charge is 2.36. The fourth-order valence-corrected chi connectivity index (χ4v) is 4.53. The number of amidine groups is 1. The van der Waals surface area contributed by atoms with Crippen molar-refractivity contribution in [2.45, 2.75) is 116 Å². The Bertz CT molecular complexity index is 571. The molecule has 0 bridgehead atoms. The third-order valence-corrected chi connectivity index (χ3v) is 6.43. The molecule has 0 saturated carbocycles. The molecule has 0 aromatic heterocycles. The minimum atomic E-state index is -0.798. The lowest BCUT2D eigenvalue weighted by Gasteiger charge is -2.30. The Morgan fingerprint density at radius 1 is 0.906 bits per heavy atom. The molecule has 1 rings (SSSR count). The van der Waals surface area contributed by atoms with Gasteiger partial charge in [0.2, 0.25) is 5.84 Å². The van der Waals surface area contributed by atoms with E-state index in [0.717, 1.165) is 18.7 Å². The summed E-state index contributed by atoms with van der Waals surface area (Å²) in [5, 5.41) is 9.26. The van der Waals surface area contributed by atoms with Crippen molar-refractivity contribution >= 4 is 11.8 Å². The average Bonchev–Trinajstić information content (AvgIpc) is 3.14. The maximum absolute atomic E-state index is 11.3. The molecule has 32 heavy (non-hydrogen) atoms. The van der Waals surface area contributed by atoms with Crippen molar-refractivity contribution in [1.82, 2.24) is 0 Å². The Morgan fingerprint density at radius 3 is 1.97 bits per heavy atom. The van der Waals surface area contributed by atoms with Gasteiger partial charge in [-0.15, -0.1) is 0 Å². The van der Waals surface area contributed by atoms with E-state index in [0.29, 0.717) is 17.6 Å². The number of carboxylic acids is 1. The zero-order chi connectivity index (χ0) is 23.3. The number of nitrogens with zero attached hydrogens (tertiary/aromatic N) is 2. The van der Waals surface area contributed by atoms with Gasteiger partial charge < -0.3 is 10.8 Å². The summed E-state index contributed by atoms with van der Waals surface area (Å²) in [5.74, 6) is 0.165. The summed E-state index contributed by atoms with van der Waals surface area (Å²) in [6, 6.07) is 0. The number of rotatable bonds is 22. The second-order valence-corrected chi connectivity index (χ2v) is 9.34. The number of hydrogen-bond acceptors (Lipinski definition) is 3. The van der Waals surface area contributed by atoms with Gasteiger partial charge >= 0.3 is 5.97 Å². The summed E-state index contributed by atoms with van der Waals surface area (Å²) in [7, 11) is 0.